The molecule has 0 atom stereocenters. The first-order chi connectivity index (χ1) is 5.27. The lowest BCUT2D eigenvalue weighted by Gasteiger charge is -1.94. The number of benzene rings is 1. The summed E-state index contributed by atoms with van der Waals surface area (Å²) in [6, 6.07) is 4.22. The fourth-order valence-corrected chi connectivity index (χ4v) is 0.999. The van der Waals surface area contributed by atoms with Crippen molar-refractivity contribution in [2.24, 2.45) is 0 Å². The van der Waals surface area contributed by atoms with Crippen molar-refractivity contribution in [2.45, 2.75) is 0 Å². The Hall–Kier alpha value is -1.21. The molecular weight excluding hydrogens is 163 g/mol. The van der Waals surface area contributed by atoms with Crippen LogP contribution in [0.2, 0.25) is 0 Å². The molecular formula is C7H5O3P. The molecule has 0 aliphatic carbocycles. The van der Waals surface area contributed by atoms with Crippen molar-refractivity contribution < 1.29 is 14.5 Å². The Morgan fingerprint density at radius 3 is 2.64 bits per heavy atom. The minimum absolute atomic E-state index is 0.138. The number of phenols is 1. The molecule has 4 heteroatoms. The number of aldehydes is 1. The highest BCUT2D eigenvalue weighted by Crippen LogP contribution is 2.13. The average Bonchev–Trinajstić information content (AvgIpc) is 2.04. The van der Waals surface area contributed by atoms with E-state index in [2.05, 4.69) is 0 Å². The quantitative estimate of drug-likeness (QED) is 0.531. The molecule has 0 bridgehead atoms. The third-order valence-corrected chi connectivity index (χ3v) is 1.74. The van der Waals surface area contributed by atoms with Gasteiger partial charge in [-0.3, -0.25) is 9.36 Å². The van der Waals surface area contributed by atoms with E-state index in [4.69, 9.17) is 5.11 Å². The topological polar surface area (TPSA) is 54.4 Å². The molecule has 0 aliphatic heterocycles. The van der Waals surface area contributed by atoms with E-state index in [1.807, 2.05) is 0 Å². The van der Waals surface area contributed by atoms with E-state index in [1.165, 1.54) is 18.2 Å². The molecule has 1 aromatic rings. The first kappa shape index (κ1) is 7.89. The molecule has 0 fully saturated rings. The molecule has 1 aromatic carbocycles. The summed E-state index contributed by atoms with van der Waals surface area (Å²) < 4.78 is 10.3. The van der Waals surface area contributed by atoms with Gasteiger partial charge in [-0.2, -0.15) is 0 Å². The van der Waals surface area contributed by atoms with Gasteiger partial charge in [0.2, 0.25) is 0 Å². The lowest BCUT2D eigenvalue weighted by atomic mass is 10.2. The van der Waals surface area contributed by atoms with Crippen LogP contribution in [0.4, 0.5) is 0 Å². The molecule has 1 N–H and O–H groups in total. The number of aromatic hydroxyl groups is 1. The summed E-state index contributed by atoms with van der Waals surface area (Å²) >= 11 is 0. The molecule has 0 saturated carbocycles. The molecule has 0 unspecified atom stereocenters. The van der Waals surface area contributed by atoms with Crippen LogP contribution in [0, 0.1) is 0 Å². The van der Waals surface area contributed by atoms with Crippen LogP contribution in [-0.2, 0) is 4.57 Å². The maximum Gasteiger partial charge on any atom is 0.192 e. The monoisotopic (exact) mass is 168 g/mol. The van der Waals surface area contributed by atoms with Gasteiger partial charge in [-0.15, -0.1) is 0 Å². The maximum atomic E-state index is 10.3. The highest BCUT2D eigenvalue weighted by atomic mass is 31.1. The second-order valence-electron chi connectivity index (χ2n) is 1.95. The highest BCUT2D eigenvalue weighted by molar-refractivity contribution is 7.34. The maximum absolute atomic E-state index is 10.3. The molecule has 0 saturated heterocycles. The SMILES string of the molecule is O=Cc1ccc(P=O)cc1O. The average molecular weight is 168 g/mol. The molecule has 11 heavy (non-hydrogen) atoms. The molecule has 56 valence electrons. The Balaban J connectivity index is 3.18. The Morgan fingerprint density at radius 2 is 2.18 bits per heavy atom. The van der Waals surface area contributed by atoms with Crippen LogP contribution in [0.25, 0.3) is 0 Å². The normalized spacial score (nSPS) is 9.82. The van der Waals surface area contributed by atoms with E-state index < -0.39 is 0 Å². The van der Waals surface area contributed by atoms with E-state index in [1.54, 1.807) is 0 Å². The van der Waals surface area contributed by atoms with E-state index in [0.29, 0.717) is 11.6 Å². The van der Waals surface area contributed by atoms with Gasteiger partial charge in [0.15, 0.2) is 14.7 Å². The van der Waals surface area contributed by atoms with Gasteiger partial charge in [0, 0.05) is 5.30 Å². The lowest BCUT2D eigenvalue weighted by Crippen LogP contribution is -1.91. The van der Waals surface area contributed by atoms with Crippen molar-refractivity contribution in [3.05, 3.63) is 23.8 Å². The molecule has 0 aromatic heterocycles. The Kier molecular flexibility index (Phi) is 2.34. The Bertz CT molecular complexity index is 296. The second kappa shape index (κ2) is 3.26. The number of carbonyl (C=O) groups excluding carboxylic acids is 1. The Labute approximate surface area is 64.9 Å². The van der Waals surface area contributed by atoms with Gasteiger partial charge in [-0.1, -0.05) is 0 Å². The minimum Gasteiger partial charge on any atom is -0.507 e. The number of hydrogen-bond donors (Lipinski definition) is 1. The zero-order valence-corrected chi connectivity index (χ0v) is 6.41. The van der Waals surface area contributed by atoms with Crippen LogP contribution in [0.3, 0.4) is 0 Å². The molecule has 0 heterocycles. The smallest absolute Gasteiger partial charge is 0.192 e. The van der Waals surface area contributed by atoms with Gasteiger partial charge in [0.25, 0.3) is 0 Å². The van der Waals surface area contributed by atoms with Crippen LogP contribution in [0.1, 0.15) is 10.4 Å². The molecule has 3 nitrogen and oxygen atoms in total. The van der Waals surface area contributed by atoms with Gasteiger partial charge in [0.1, 0.15) is 5.75 Å². The van der Waals surface area contributed by atoms with Crippen molar-refractivity contribution in [2.75, 3.05) is 0 Å². The van der Waals surface area contributed by atoms with Crippen LogP contribution in [0.5, 0.6) is 5.75 Å². The van der Waals surface area contributed by atoms with Crippen LogP contribution in [-0.4, -0.2) is 11.4 Å². The first-order valence-electron chi connectivity index (χ1n) is 2.89. The van der Waals surface area contributed by atoms with Crippen LogP contribution in [0.15, 0.2) is 18.2 Å². The van der Waals surface area contributed by atoms with Crippen molar-refractivity contribution in [1.29, 1.82) is 0 Å². The van der Waals surface area contributed by atoms with E-state index in [-0.39, 0.29) is 19.8 Å². The Morgan fingerprint density at radius 1 is 1.45 bits per heavy atom. The molecule has 0 radical (unpaired) electrons. The van der Waals surface area contributed by atoms with E-state index in [0.717, 1.165) is 0 Å². The van der Waals surface area contributed by atoms with Gasteiger partial charge in [-0.25, -0.2) is 0 Å². The predicted octanol–water partition coefficient (Wildman–Crippen LogP) is 1.12. The number of hydrogen-bond acceptors (Lipinski definition) is 3. The van der Waals surface area contributed by atoms with Crippen molar-refractivity contribution in [1.82, 2.24) is 0 Å². The minimum atomic E-state index is -0.163. The zero-order chi connectivity index (χ0) is 8.27. The number of phenolic OH excluding ortho intramolecular Hbond substituents is 1. The summed E-state index contributed by atoms with van der Waals surface area (Å²) in [5, 5.41) is 9.50. The lowest BCUT2D eigenvalue weighted by molar-refractivity contribution is 0.112. The van der Waals surface area contributed by atoms with Gasteiger partial charge in [0.05, 0.1) is 5.56 Å². The second-order valence-corrected chi connectivity index (χ2v) is 2.65. The fourth-order valence-electron chi connectivity index (χ4n) is 0.689. The van der Waals surface area contributed by atoms with Crippen molar-refractivity contribution in [3.8, 4) is 5.75 Å². The van der Waals surface area contributed by atoms with Gasteiger partial charge in [-0.05, 0) is 18.2 Å². The number of rotatable bonds is 2. The van der Waals surface area contributed by atoms with Gasteiger partial charge < -0.3 is 5.11 Å². The van der Waals surface area contributed by atoms with Crippen LogP contribution < -0.4 is 5.30 Å². The van der Waals surface area contributed by atoms with E-state index in [9.17, 15) is 9.36 Å². The third-order valence-electron chi connectivity index (χ3n) is 1.25. The summed E-state index contributed by atoms with van der Waals surface area (Å²) in [6.07, 6.45) is 0.542. The largest absolute Gasteiger partial charge is 0.507 e. The fraction of sp³-hybridized carbons (Fsp3) is 0. The van der Waals surface area contributed by atoms with Gasteiger partial charge >= 0.3 is 0 Å². The number of carbonyl (C=O) groups is 1. The molecule has 0 aliphatic rings. The van der Waals surface area contributed by atoms with Crippen molar-refractivity contribution in [3.63, 3.8) is 0 Å². The standard InChI is InChI=1S/C7H5O3P/c8-4-5-1-2-6(11-10)3-7(5)9/h1-4,9H. The molecule has 0 amide bonds. The molecule has 1 rings (SSSR count). The van der Waals surface area contributed by atoms with E-state index >= 15 is 0 Å². The van der Waals surface area contributed by atoms with Crippen molar-refractivity contribution >= 4 is 20.1 Å². The summed E-state index contributed by atoms with van der Waals surface area (Å²) in [4.78, 5) is 10.2. The summed E-state index contributed by atoms with van der Waals surface area (Å²) in [5.41, 5.74) is 0.206. The highest BCUT2D eigenvalue weighted by Gasteiger charge is 1.99. The van der Waals surface area contributed by atoms with Crippen LogP contribution >= 0.6 is 8.46 Å². The predicted molar refractivity (Wildman–Crippen MR) is 40.7 cm³/mol. The summed E-state index contributed by atoms with van der Waals surface area (Å²) in [6.45, 7) is 0. The summed E-state index contributed by atoms with van der Waals surface area (Å²) in [5.74, 6) is -0.138. The molecule has 0 spiro atoms. The third kappa shape index (κ3) is 1.63. The first-order valence-corrected chi connectivity index (χ1v) is 3.70. The summed E-state index contributed by atoms with van der Waals surface area (Å²) in [7, 11) is -0.163. The zero-order valence-electron chi connectivity index (χ0n) is 5.52.